The Kier molecular flexibility index (Phi) is 8.84. The number of rotatable bonds is 10. The average Bonchev–Trinajstić information content (AvgIpc) is 3.83. The Balaban J connectivity index is 0.955. The fraction of sp³-hybridized carbons (Fsp3) is 0.467. The van der Waals surface area contributed by atoms with Crippen LogP contribution in [0.5, 0.6) is 5.75 Å². The first-order valence-corrected chi connectivity index (χ1v) is 17.9. The second kappa shape index (κ2) is 12.6. The number of piperidine rings is 1. The fourth-order valence-corrected chi connectivity index (χ4v) is 9.04. The molecule has 13 nitrogen and oxygen atoms in total. The number of ether oxygens (including phenoxy) is 3. The number of halogens is 1. The van der Waals surface area contributed by atoms with E-state index in [1.165, 1.54) is 22.5 Å². The third kappa shape index (κ3) is 6.76. The van der Waals surface area contributed by atoms with E-state index in [2.05, 4.69) is 10.3 Å². The standard InChI is InChI=1S/C30H34FN3O10S2/c31-19-4-7-25-26(12-19)32-15-27(28(25)36)46(40,41)34-10-8-30(9-11-34)14-20(16-44-30)33-29(37)43-18-21(35)17-42-22-2-1-3-24(13-22)45(38,39)23-5-6-23/h1-4,7,12-13,15,20-21,23,35H,5-6,8-11,14,16-18H2,(H,32,36)(H,33,37)/t20-,21?/m1/s1. The zero-order valence-electron chi connectivity index (χ0n) is 24.7. The van der Waals surface area contributed by atoms with Crippen LogP contribution in [0.15, 0.2) is 63.2 Å². The quantitative estimate of drug-likeness (QED) is 0.287. The number of pyridine rings is 1. The smallest absolute Gasteiger partial charge is 0.407 e. The minimum Gasteiger partial charge on any atom is -0.491 e. The van der Waals surface area contributed by atoms with E-state index in [0.29, 0.717) is 32.1 Å². The Morgan fingerprint density at radius 1 is 1.13 bits per heavy atom. The lowest BCUT2D eigenvalue weighted by Crippen LogP contribution is -2.47. The molecule has 1 aromatic heterocycles. The average molecular weight is 680 g/mol. The lowest BCUT2D eigenvalue weighted by atomic mass is 9.88. The molecule has 3 aromatic rings. The van der Waals surface area contributed by atoms with E-state index >= 15 is 0 Å². The van der Waals surface area contributed by atoms with Crippen LogP contribution in [-0.2, 0) is 29.3 Å². The van der Waals surface area contributed by atoms with Gasteiger partial charge in [0, 0.05) is 24.7 Å². The number of sulfone groups is 1. The number of sulfonamides is 1. The lowest BCUT2D eigenvalue weighted by molar-refractivity contribution is -0.0312. The number of benzene rings is 2. The molecule has 1 spiro atoms. The molecule has 3 heterocycles. The van der Waals surface area contributed by atoms with Gasteiger partial charge in [0.05, 0.1) is 33.9 Å². The summed E-state index contributed by atoms with van der Waals surface area (Å²) in [6.45, 7) is -0.197. The van der Waals surface area contributed by atoms with Crippen molar-refractivity contribution in [1.29, 1.82) is 0 Å². The van der Waals surface area contributed by atoms with Crippen molar-refractivity contribution >= 4 is 36.9 Å². The SMILES string of the molecule is O=C(N[C@H]1COC2(CCN(S(=O)(=O)c3c[nH]c4cc(F)ccc4c3=O)CC2)C1)OCC(O)COc1cccc(S(=O)(=O)C2CC2)c1. The van der Waals surface area contributed by atoms with Gasteiger partial charge >= 0.3 is 6.09 Å². The summed E-state index contributed by atoms with van der Waals surface area (Å²) in [6.07, 6.45) is 1.55. The molecule has 2 aromatic carbocycles. The van der Waals surface area contributed by atoms with Gasteiger partial charge in [0.1, 0.15) is 35.8 Å². The van der Waals surface area contributed by atoms with Crippen molar-refractivity contribution in [2.24, 2.45) is 0 Å². The molecule has 1 saturated carbocycles. The first kappa shape index (κ1) is 32.4. The molecule has 6 rings (SSSR count). The molecule has 2 saturated heterocycles. The van der Waals surface area contributed by atoms with Crippen molar-refractivity contribution in [2.75, 3.05) is 32.9 Å². The Bertz CT molecular complexity index is 1910. The maximum absolute atomic E-state index is 13.5. The number of carbonyl (C=O) groups is 1. The molecule has 2 atom stereocenters. The van der Waals surface area contributed by atoms with Crippen LogP contribution in [0.3, 0.4) is 0 Å². The molecule has 3 N–H and O–H groups in total. The molecule has 3 fully saturated rings. The Morgan fingerprint density at radius 3 is 2.63 bits per heavy atom. The van der Waals surface area contributed by atoms with E-state index in [1.54, 1.807) is 12.1 Å². The highest BCUT2D eigenvalue weighted by atomic mass is 32.2. The molecule has 3 aliphatic rings. The number of aliphatic hydroxyl groups excluding tert-OH is 1. The highest BCUT2D eigenvalue weighted by Gasteiger charge is 2.45. The highest BCUT2D eigenvalue weighted by Crippen LogP contribution is 2.37. The van der Waals surface area contributed by atoms with Crippen LogP contribution in [0.4, 0.5) is 9.18 Å². The summed E-state index contributed by atoms with van der Waals surface area (Å²) in [7, 11) is -7.51. The summed E-state index contributed by atoms with van der Waals surface area (Å²) >= 11 is 0. The number of aliphatic hydroxyl groups is 1. The van der Waals surface area contributed by atoms with Crippen LogP contribution < -0.4 is 15.5 Å². The van der Waals surface area contributed by atoms with Crippen molar-refractivity contribution in [3.8, 4) is 5.75 Å². The molecule has 46 heavy (non-hydrogen) atoms. The predicted octanol–water partition coefficient (Wildman–Crippen LogP) is 2.08. The van der Waals surface area contributed by atoms with Crippen molar-refractivity contribution < 1.29 is 45.3 Å². The Labute approximate surface area is 264 Å². The largest absolute Gasteiger partial charge is 0.491 e. The minimum atomic E-state index is -4.13. The van der Waals surface area contributed by atoms with E-state index < -0.39 is 59.8 Å². The maximum Gasteiger partial charge on any atom is 0.407 e. The first-order chi connectivity index (χ1) is 21.9. The molecular weight excluding hydrogens is 645 g/mol. The molecule has 1 unspecified atom stereocenters. The van der Waals surface area contributed by atoms with Crippen LogP contribution in [0.25, 0.3) is 10.9 Å². The van der Waals surface area contributed by atoms with Crippen LogP contribution in [0, 0.1) is 5.82 Å². The Morgan fingerprint density at radius 2 is 1.89 bits per heavy atom. The Hall–Kier alpha value is -3.57. The van der Waals surface area contributed by atoms with Gasteiger partial charge in [0.2, 0.25) is 15.5 Å². The van der Waals surface area contributed by atoms with E-state index in [9.17, 15) is 35.9 Å². The molecular formula is C30H34FN3O10S2. The fourth-order valence-electron chi connectivity index (χ4n) is 5.86. The maximum atomic E-state index is 13.5. The molecule has 0 radical (unpaired) electrons. The zero-order chi connectivity index (χ0) is 32.7. The predicted molar refractivity (Wildman–Crippen MR) is 162 cm³/mol. The lowest BCUT2D eigenvalue weighted by Gasteiger charge is -2.37. The third-order valence-corrected chi connectivity index (χ3v) is 12.7. The van der Waals surface area contributed by atoms with Crippen molar-refractivity contribution in [2.45, 2.75) is 64.9 Å². The number of H-pyrrole nitrogens is 1. The number of carbonyl (C=O) groups excluding carboxylic acids is 1. The number of fused-ring (bicyclic) bond motifs is 1. The number of nitrogens with one attached hydrogen (secondary N) is 2. The summed E-state index contributed by atoms with van der Waals surface area (Å²) in [5.74, 6) is -0.276. The summed E-state index contributed by atoms with van der Waals surface area (Å²) < 4.78 is 83.0. The second-order valence-corrected chi connectivity index (χ2v) is 16.0. The number of aromatic amines is 1. The van der Waals surface area contributed by atoms with Crippen LogP contribution >= 0.6 is 0 Å². The molecule has 1 amide bonds. The summed E-state index contributed by atoms with van der Waals surface area (Å²) in [5.41, 5.74) is -1.17. The van der Waals surface area contributed by atoms with Crippen molar-refractivity contribution in [3.05, 3.63) is 64.7 Å². The summed E-state index contributed by atoms with van der Waals surface area (Å²) in [6, 6.07) is 9.13. The number of amides is 1. The van der Waals surface area contributed by atoms with Crippen LogP contribution in [0.1, 0.15) is 32.1 Å². The molecule has 0 bridgehead atoms. The molecule has 2 aliphatic heterocycles. The van der Waals surface area contributed by atoms with Gasteiger partial charge in [-0.1, -0.05) is 6.07 Å². The monoisotopic (exact) mass is 679 g/mol. The highest BCUT2D eigenvalue weighted by molar-refractivity contribution is 7.92. The second-order valence-electron chi connectivity index (χ2n) is 11.9. The van der Waals surface area contributed by atoms with Crippen LogP contribution in [-0.4, -0.2) is 93.2 Å². The van der Waals surface area contributed by atoms with Gasteiger partial charge in [-0.3, -0.25) is 4.79 Å². The van der Waals surface area contributed by atoms with Gasteiger partial charge < -0.3 is 29.6 Å². The topological polar surface area (TPSA) is 181 Å². The first-order valence-electron chi connectivity index (χ1n) is 14.9. The number of nitrogens with zero attached hydrogens (tertiary/aromatic N) is 1. The van der Waals surface area contributed by atoms with Crippen molar-refractivity contribution in [3.63, 3.8) is 0 Å². The number of alkyl carbamates (subject to hydrolysis) is 1. The van der Waals surface area contributed by atoms with Gasteiger partial charge in [-0.2, -0.15) is 4.31 Å². The number of aromatic nitrogens is 1. The molecule has 16 heteroatoms. The zero-order valence-corrected chi connectivity index (χ0v) is 26.3. The van der Waals surface area contributed by atoms with Gasteiger partial charge in [-0.05, 0) is 68.5 Å². The van der Waals surface area contributed by atoms with E-state index in [-0.39, 0.29) is 59.7 Å². The van der Waals surface area contributed by atoms with E-state index in [1.807, 2.05) is 0 Å². The van der Waals surface area contributed by atoms with Gasteiger partial charge in [0.25, 0.3) is 0 Å². The van der Waals surface area contributed by atoms with Crippen molar-refractivity contribution in [1.82, 2.24) is 14.6 Å². The van der Waals surface area contributed by atoms with E-state index in [0.717, 1.165) is 18.3 Å². The normalized spacial score (nSPS) is 20.9. The van der Waals surface area contributed by atoms with E-state index in [4.69, 9.17) is 14.2 Å². The summed E-state index contributed by atoms with van der Waals surface area (Å²) in [5, 5.41) is 12.7. The van der Waals surface area contributed by atoms with Crippen LogP contribution in [0.2, 0.25) is 0 Å². The third-order valence-electron chi connectivity index (χ3n) is 8.54. The van der Waals surface area contributed by atoms with Gasteiger partial charge in [0.15, 0.2) is 9.84 Å². The number of hydrogen-bond acceptors (Lipinski definition) is 10. The molecule has 1 aliphatic carbocycles. The van der Waals surface area contributed by atoms with Gasteiger partial charge in [-0.15, -0.1) is 0 Å². The minimum absolute atomic E-state index is 0.0717. The molecule has 248 valence electrons. The van der Waals surface area contributed by atoms with Gasteiger partial charge in [-0.25, -0.2) is 26.0 Å². The number of hydrogen-bond donors (Lipinski definition) is 3. The summed E-state index contributed by atoms with van der Waals surface area (Å²) in [4.78, 5) is 27.8.